The van der Waals surface area contributed by atoms with Gasteiger partial charge in [0, 0.05) is 23.7 Å². The van der Waals surface area contributed by atoms with E-state index in [0.29, 0.717) is 13.2 Å². The number of aromatic nitrogens is 1. The number of nitrogens with one attached hydrogen (secondary N) is 1. The first-order valence-corrected chi connectivity index (χ1v) is 8.88. The quantitative estimate of drug-likeness (QED) is 0.739. The van der Waals surface area contributed by atoms with E-state index in [1.54, 1.807) is 0 Å². The predicted molar refractivity (Wildman–Crippen MR) is 101 cm³/mol. The average Bonchev–Trinajstić information content (AvgIpc) is 2.70. The number of pyridine rings is 1. The van der Waals surface area contributed by atoms with Crippen LogP contribution in [0.2, 0.25) is 0 Å². The Morgan fingerprint density at radius 2 is 1.96 bits per heavy atom. The van der Waals surface area contributed by atoms with Crippen molar-refractivity contribution in [2.24, 2.45) is 0 Å². The average molecular weight is 350 g/mol. The molecule has 1 saturated heterocycles. The Morgan fingerprint density at radius 3 is 2.81 bits per heavy atom. The molecule has 2 heterocycles. The molecule has 0 saturated carbocycles. The monoisotopic (exact) mass is 350 g/mol. The largest absolute Gasteiger partial charge is 0.488 e. The topological polar surface area (TPSA) is 63.6 Å². The number of anilines is 1. The zero-order chi connectivity index (χ0) is 17.8. The molecular weight excluding hydrogens is 328 g/mol. The Balaban J connectivity index is 1.53. The Hall–Kier alpha value is -2.63. The number of ether oxygens (including phenoxy) is 2. The third-order valence-electron chi connectivity index (χ3n) is 4.68. The molecule has 1 fully saturated rings. The second-order valence-electron chi connectivity index (χ2n) is 6.45. The van der Waals surface area contributed by atoms with Crippen LogP contribution in [0.1, 0.15) is 12.0 Å². The van der Waals surface area contributed by atoms with E-state index < -0.39 is 0 Å². The predicted octanol–water partition coefficient (Wildman–Crippen LogP) is 3.38. The number of benzene rings is 2. The van der Waals surface area contributed by atoms with Crippen molar-refractivity contribution in [1.29, 1.82) is 0 Å². The number of nitrogens with zero attached hydrogens (tertiary/aromatic N) is 1. The molecule has 0 radical (unpaired) electrons. The van der Waals surface area contributed by atoms with Gasteiger partial charge in [-0.1, -0.05) is 30.3 Å². The molecule has 134 valence electrons. The molecule has 0 bridgehead atoms. The highest BCUT2D eigenvalue weighted by Crippen LogP contribution is 2.25. The molecular formula is C21H22N2O3. The fourth-order valence-electron chi connectivity index (χ4n) is 3.26. The van der Waals surface area contributed by atoms with E-state index in [-0.39, 0.29) is 18.8 Å². The second kappa shape index (κ2) is 7.72. The lowest BCUT2D eigenvalue weighted by molar-refractivity contribution is 0.0148. The van der Waals surface area contributed by atoms with Gasteiger partial charge in [-0.2, -0.15) is 0 Å². The van der Waals surface area contributed by atoms with E-state index in [9.17, 15) is 5.11 Å². The summed E-state index contributed by atoms with van der Waals surface area (Å²) < 4.78 is 11.9. The van der Waals surface area contributed by atoms with Crippen LogP contribution in [0.25, 0.3) is 10.9 Å². The van der Waals surface area contributed by atoms with Gasteiger partial charge in [-0.15, -0.1) is 0 Å². The van der Waals surface area contributed by atoms with Crippen LogP contribution in [-0.4, -0.2) is 35.5 Å². The normalized spacial score (nSPS) is 20.0. The Labute approximate surface area is 152 Å². The van der Waals surface area contributed by atoms with Crippen LogP contribution in [0.15, 0.2) is 60.8 Å². The molecule has 2 atom stereocenters. The smallest absolute Gasteiger partial charge is 0.123 e. The van der Waals surface area contributed by atoms with Gasteiger partial charge >= 0.3 is 0 Å². The number of para-hydroxylation sites is 1. The van der Waals surface area contributed by atoms with E-state index in [1.165, 1.54) is 0 Å². The maximum Gasteiger partial charge on any atom is 0.123 e. The lowest BCUT2D eigenvalue weighted by Crippen LogP contribution is -2.45. The van der Waals surface area contributed by atoms with Gasteiger partial charge in [0.1, 0.15) is 11.9 Å². The molecule has 4 rings (SSSR count). The molecule has 2 aromatic carbocycles. The van der Waals surface area contributed by atoms with Gasteiger partial charge < -0.3 is 19.9 Å². The summed E-state index contributed by atoms with van der Waals surface area (Å²) in [5, 5.41) is 13.8. The molecule has 5 nitrogen and oxygen atoms in total. The fourth-order valence-corrected chi connectivity index (χ4v) is 3.26. The van der Waals surface area contributed by atoms with Crippen LogP contribution in [0.4, 0.5) is 5.69 Å². The summed E-state index contributed by atoms with van der Waals surface area (Å²) >= 11 is 0. The number of fused-ring (bicyclic) bond motifs is 1. The van der Waals surface area contributed by atoms with Crippen molar-refractivity contribution >= 4 is 16.6 Å². The first kappa shape index (κ1) is 16.8. The third kappa shape index (κ3) is 3.64. The van der Waals surface area contributed by atoms with Crippen molar-refractivity contribution in [2.75, 3.05) is 18.5 Å². The maximum atomic E-state index is 9.17. The molecule has 2 N–H and O–H groups in total. The van der Waals surface area contributed by atoms with Crippen LogP contribution in [-0.2, 0) is 11.3 Å². The van der Waals surface area contributed by atoms with Crippen molar-refractivity contribution in [3.63, 3.8) is 0 Å². The van der Waals surface area contributed by atoms with Crippen molar-refractivity contribution in [3.8, 4) is 5.75 Å². The van der Waals surface area contributed by atoms with E-state index in [4.69, 9.17) is 9.47 Å². The standard InChI is InChI=1S/C21H22N2O3/c24-13-15-5-7-16(8-6-15)26-21-10-12-25-14-20(21)23-19-9-11-22-18-4-2-1-3-17(18)19/h1-9,11,20-21,24H,10,12-14H2,(H,22,23)/t20-,21-/m1/s1. The van der Waals surface area contributed by atoms with Crippen molar-refractivity contribution < 1.29 is 14.6 Å². The molecule has 0 amide bonds. The van der Waals surface area contributed by atoms with E-state index >= 15 is 0 Å². The summed E-state index contributed by atoms with van der Waals surface area (Å²) in [6.45, 7) is 1.32. The van der Waals surface area contributed by atoms with Crippen LogP contribution in [0.5, 0.6) is 5.75 Å². The zero-order valence-electron chi connectivity index (χ0n) is 14.5. The SMILES string of the molecule is OCc1ccc(O[C@@H]2CCOC[C@H]2Nc2ccnc3ccccc23)cc1. The fraction of sp³-hybridized carbons (Fsp3) is 0.286. The van der Waals surface area contributed by atoms with Gasteiger partial charge in [0.2, 0.25) is 0 Å². The van der Waals surface area contributed by atoms with Gasteiger partial charge in [-0.05, 0) is 29.8 Å². The van der Waals surface area contributed by atoms with Crippen LogP contribution >= 0.6 is 0 Å². The first-order valence-electron chi connectivity index (χ1n) is 8.88. The highest BCUT2D eigenvalue weighted by atomic mass is 16.5. The number of aliphatic hydroxyl groups excluding tert-OH is 1. The molecule has 1 aliphatic rings. The number of rotatable bonds is 5. The molecule has 0 spiro atoms. The van der Waals surface area contributed by atoms with E-state index in [0.717, 1.165) is 34.3 Å². The van der Waals surface area contributed by atoms with Crippen molar-refractivity contribution in [3.05, 3.63) is 66.4 Å². The highest BCUT2D eigenvalue weighted by molar-refractivity contribution is 5.91. The number of hydrogen-bond donors (Lipinski definition) is 2. The summed E-state index contributed by atoms with van der Waals surface area (Å²) in [6, 6.07) is 17.7. The molecule has 1 aliphatic heterocycles. The molecule has 1 aromatic heterocycles. The third-order valence-corrected chi connectivity index (χ3v) is 4.68. The minimum atomic E-state index is 0.00986. The summed E-state index contributed by atoms with van der Waals surface area (Å²) in [5.74, 6) is 0.806. The van der Waals surface area contributed by atoms with Gasteiger partial charge in [0.15, 0.2) is 0 Å². The van der Waals surface area contributed by atoms with E-state index in [1.807, 2.05) is 54.7 Å². The Kier molecular flexibility index (Phi) is 5.00. The van der Waals surface area contributed by atoms with Gasteiger partial charge in [-0.25, -0.2) is 0 Å². The lowest BCUT2D eigenvalue weighted by atomic mass is 10.0. The van der Waals surface area contributed by atoms with Crippen molar-refractivity contribution in [1.82, 2.24) is 4.98 Å². The Bertz CT molecular complexity index is 861. The highest BCUT2D eigenvalue weighted by Gasteiger charge is 2.28. The minimum Gasteiger partial charge on any atom is -0.488 e. The zero-order valence-corrected chi connectivity index (χ0v) is 14.5. The summed E-state index contributed by atoms with van der Waals surface area (Å²) in [4.78, 5) is 4.42. The molecule has 3 aromatic rings. The van der Waals surface area contributed by atoms with E-state index in [2.05, 4.69) is 16.4 Å². The maximum absolute atomic E-state index is 9.17. The first-order chi connectivity index (χ1) is 12.8. The van der Waals surface area contributed by atoms with Gasteiger partial charge in [0.25, 0.3) is 0 Å². The van der Waals surface area contributed by atoms with Crippen molar-refractivity contribution in [2.45, 2.75) is 25.2 Å². The molecule has 0 unspecified atom stereocenters. The van der Waals surface area contributed by atoms with Crippen LogP contribution in [0.3, 0.4) is 0 Å². The Morgan fingerprint density at radius 1 is 1.12 bits per heavy atom. The van der Waals surface area contributed by atoms with Crippen LogP contribution in [0, 0.1) is 0 Å². The number of hydrogen-bond acceptors (Lipinski definition) is 5. The molecule has 5 heteroatoms. The second-order valence-corrected chi connectivity index (χ2v) is 6.45. The minimum absolute atomic E-state index is 0.00986. The molecule has 0 aliphatic carbocycles. The van der Waals surface area contributed by atoms with Gasteiger partial charge in [-0.3, -0.25) is 4.98 Å². The molecule has 26 heavy (non-hydrogen) atoms. The lowest BCUT2D eigenvalue weighted by Gasteiger charge is -2.33. The van der Waals surface area contributed by atoms with Gasteiger partial charge in [0.05, 0.1) is 31.4 Å². The summed E-state index contributed by atoms with van der Waals surface area (Å²) in [6.07, 6.45) is 2.65. The van der Waals surface area contributed by atoms with Crippen LogP contribution < -0.4 is 10.1 Å². The summed E-state index contributed by atoms with van der Waals surface area (Å²) in [7, 11) is 0. The summed E-state index contributed by atoms with van der Waals surface area (Å²) in [5.41, 5.74) is 2.88. The number of aliphatic hydroxyl groups is 1.